The molecule has 3 rings (SSSR count). The van der Waals surface area contributed by atoms with Crippen molar-refractivity contribution in [2.24, 2.45) is 0 Å². The molecular formula is C16H16N4OS. The molecule has 0 radical (unpaired) electrons. The lowest BCUT2D eigenvalue weighted by atomic mass is 9.98. The number of hydrogen-bond acceptors (Lipinski definition) is 5. The summed E-state index contributed by atoms with van der Waals surface area (Å²) in [6.07, 6.45) is 0. The molecule has 0 spiro atoms. The van der Waals surface area contributed by atoms with Crippen LogP contribution in [-0.2, 0) is 0 Å². The van der Waals surface area contributed by atoms with Gasteiger partial charge in [-0.2, -0.15) is 14.9 Å². The van der Waals surface area contributed by atoms with Crippen LogP contribution in [0.15, 0.2) is 18.2 Å². The monoisotopic (exact) mass is 312 g/mol. The van der Waals surface area contributed by atoms with Crippen molar-refractivity contribution < 1.29 is 4.74 Å². The summed E-state index contributed by atoms with van der Waals surface area (Å²) in [7, 11) is 1.63. The quantitative estimate of drug-likeness (QED) is 0.738. The summed E-state index contributed by atoms with van der Waals surface area (Å²) in [5, 5.41) is 14.8. The van der Waals surface area contributed by atoms with Crippen LogP contribution in [0, 0.1) is 18.3 Å². The number of imidazole rings is 1. The van der Waals surface area contributed by atoms with E-state index in [0.717, 1.165) is 15.5 Å². The van der Waals surface area contributed by atoms with Gasteiger partial charge in [0.2, 0.25) is 4.96 Å². The molecule has 0 N–H and O–H groups in total. The normalized spacial score (nSPS) is 11.1. The topological polar surface area (TPSA) is 63.2 Å². The lowest BCUT2D eigenvalue weighted by Gasteiger charge is -2.11. The molecule has 0 aliphatic carbocycles. The standard InChI is InChI=1S/C16H16N4OS/c1-9(2)11-5-6-14(21-4)12(7-11)15-13(8-17)20-16(18-15)22-10(3)19-20/h5-7,9H,1-4H3. The van der Waals surface area contributed by atoms with Crippen LogP contribution < -0.4 is 4.74 Å². The Morgan fingerprint density at radius 1 is 1.36 bits per heavy atom. The van der Waals surface area contributed by atoms with Gasteiger partial charge in [-0.25, -0.2) is 4.98 Å². The maximum atomic E-state index is 9.53. The molecule has 0 amide bonds. The van der Waals surface area contributed by atoms with Gasteiger partial charge in [0, 0.05) is 5.56 Å². The molecule has 22 heavy (non-hydrogen) atoms. The summed E-state index contributed by atoms with van der Waals surface area (Å²) in [6.45, 7) is 6.17. The average molecular weight is 312 g/mol. The van der Waals surface area contributed by atoms with Gasteiger partial charge in [-0.15, -0.1) is 0 Å². The van der Waals surface area contributed by atoms with Crippen LogP contribution >= 0.6 is 11.3 Å². The van der Waals surface area contributed by atoms with E-state index in [2.05, 4.69) is 30.0 Å². The molecule has 0 fully saturated rings. The van der Waals surface area contributed by atoms with E-state index in [1.54, 1.807) is 11.6 Å². The SMILES string of the molecule is COc1ccc(C(C)C)cc1-c1nc2sc(C)nn2c1C#N. The smallest absolute Gasteiger partial charge is 0.213 e. The first-order valence-corrected chi connectivity index (χ1v) is 7.81. The number of nitriles is 1. The number of benzene rings is 1. The van der Waals surface area contributed by atoms with Crippen molar-refractivity contribution in [3.8, 4) is 23.1 Å². The summed E-state index contributed by atoms with van der Waals surface area (Å²) < 4.78 is 7.06. The van der Waals surface area contributed by atoms with E-state index in [1.165, 1.54) is 16.9 Å². The largest absolute Gasteiger partial charge is 0.496 e. The number of nitrogens with zero attached hydrogens (tertiary/aromatic N) is 4. The number of ether oxygens (including phenoxy) is 1. The van der Waals surface area contributed by atoms with E-state index in [4.69, 9.17) is 4.74 Å². The Hall–Kier alpha value is -2.39. The average Bonchev–Trinajstić information content (AvgIpc) is 3.01. The summed E-state index contributed by atoms with van der Waals surface area (Å²) in [4.78, 5) is 5.32. The van der Waals surface area contributed by atoms with Gasteiger partial charge in [0.05, 0.1) is 7.11 Å². The van der Waals surface area contributed by atoms with Gasteiger partial charge in [-0.3, -0.25) is 0 Å². The van der Waals surface area contributed by atoms with E-state index in [-0.39, 0.29) is 0 Å². The Balaban J connectivity index is 2.28. The fraction of sp³-hybridized carbons (Fsp3) is 0.312. The third kappa shape index (κ3) is 2.24. The highest BCUT2D eigenvalue weighted by atomic mass is 32.1. The number of hydrogen-bond donors (Lipinski definition) is 0. The maximum Gasteiger partial charge on any atom is 0.213 e. The predicted molar refractivity (Wildman–Crippen MR) is 86.4 cm³/mol. The molecule has 1 aromatic carbocycles. The van der Waals surface area contributed by atoms with Crippen molar-refractivity contribution in [3.05, 3.63) is 34.5 Å². The van der Waals surface area contributed by atoms with E-state index < -0.39 is 0 Å². The molecule has 2 aromatic heterocycles. The Kier molecular flexibility index (Phi) is 3.59. The minimum atomic E-state index is 0.388. The lowest BCUT2D eigenvalue weighted by Crippen LogP contribution is -1.95. The Morgan fingerprint density at radius 3 is 2.77 bits per heavy atom. The molecule has 0 saturated heterocycles. The van der Waals surface area contributed by atoms with Crippen molar-refractivity contribution in [1.82, 2.24) is 14.6 Å². The van der Waals surface area contributed by atoms with Gasteiger partial charge in [-0.05, 0) is 30.5 Å². The molecule has 5 nitrogen and oxygen atoms in total. The number of aromatic nitrogens is 3. The molecular weight excluding hydrogens is 296 g/mol. The zero-order valence-corrected chi connectivity index (χ0v) is 13.7. The van der Waals surface area contributed by atoms with Gasteiger partial charge in [-0.1, -0.05) is 31.3 Å². The summed E-state index contributed by atoms with van der Waals surface area (Å²) in [5.74, 6) is 1.10. The Morgan fingerprint density at radius 2 is 2.14 bits per heavy atom. The van der Waals surface area contributed by atoms with Crippen LogP contribution in [0.4, 0.5) is 0 Å². The van der Waals surface area contributed by atoms with Crippen LogP contribution in [0.5, 0.6) is 5.75 Å². The molecule has 112 valence electrons. The van der Waals surface area contributed by atoms with Gasteiger partial charge < -0.3 is 4.74 Å². The van der Waals surface area contributed by atoms with Crippen LogP contribution in [0.2, 0.25) is 0 Å². The first-order valence-electron chi connectivity index (χ1n) is 6.99. The highest BCUT2D eigenvalue weighted by Gasteiger charge is 2.20. The van der Waals surface area contributed by atoms with E-state index in [1.807, 2.05) is 25.1 Å². The molecule has 0 aliphatic heterocycles. The zero-order valence-electron chi connectivity index (χ0n) is 12.9. The van der Waals surface area contributed by atoms with Gasteiger partial charge in [0.1, 0.15) is 22.5 Å². The minimum Gasteiger partial charge on any atom is -0.496 e. The fourth-order valence-electron chi connectivity index (χ4n) is 2.40. The maximum absolute atomic E-state index is 9.53. The molecule has 0 saturated carbocycles. The zero-order chi connectivity index (χ0) is 15.9. The lowest BCUT2D eigenvalue weighted by molar-refractivity contribution is 0.416. The summed E-state index contributed by atoms with van der Waals surface area (Å²) >= 11 is 1.47. The first kappa shape index (κ1) is 14.5. The number of aryl methyl sites for hydroxylation is 1. The van der Waals surface area contributed by atoms with Crippen LogP contribution in [0.3, 0.4) is 0 Å². The molecule has 2 heterocycles. The van der Waals surface area contributed by atoms with Gasteiger partial charge >= 0.3 is 0 Å². The first-order chi connectivity index (χ1) is 10.5. The predicted octanol–water partition coefficient (Wildman–Crippen LogP) is 3.77. The number of fused-ring (bicyclic) bond motifs is 1. The van der Waals surface area contributed by atoms with E-state index >= 15 is 0 Å². The molecule has 6 heteroatoms. The Labute approximate surface area is 132 Å². The molecule has 0 unspecified atom stereocenters. The molecule has 0 atom stereocenters. The minimum absolute atomic E-state index is 0.388. The fourth-order valence-corrected chi connectivity index (χ4v) is 3.14. The van der Waals surface area contributed by atoms with Crippen molar-refractivity contribution >= 4 is 16.3 Å². The van der Waals surface area contributed by atoms with Gasteiger partial charge in [0.25, 0.3) is 0 Å². The highest BCUT2D eigenvalue weighted by Crippen LogP contribution is 2.35. The molecule has 3 aromatic rings. The van der Waals surface area contributed by atoms with Crippen LogP contribution in [-0.4, -0.2) is 21.7 Å². The second-order valence-corrected chi connectivity index (χ2v) is 6.51. The van der Waals surface area contributed by atoms with E-state index in [0.29, 0.717) is 23.1 Å². The van der Waals surface area contributed by atoms with Crippen molar-refractivity contribution in [1.29, 1.82) is 5.26 Å². The highest BCUT2D eigenvalue weighted by molar-refractivity contribution is 7.16. The third-order valence-corrected chi connectivity index (χ3v) is 4.38. The van der Waals surface area contributed by atoms with Crippen molar-refractivity contribution in [3.63, 3.8) is 0 Å². The molecule has 0 aliphatic rings. The summed E-state index contributed by atoms with van der Waals surface area (Å²) in [5.41, 5.74) is 3.08. The molecule has 0 bridgehead atoms. The third-order valence-electron chi connectivity index (χ3n) is 3.56. The second-order valence-electron chi connectivity index (χ2n) is 5.35. The van der Waals surface area contributed by atoms with Crippen LogP contribution in [0.1, 0.15) is 36.0 Å². The van der Waals surface area contributed by atoms with Crippen molar-refractivity contribution in [2.45, 2.75) is 26.7 Å². The number of methoxy groups -OCH3 is 1. The van der Waals surface area contributed by atoms with Gasteiger partial charge in [0.15, 0.2) is 5.69 Å². The Bertz CT molecular complexity index is 886. The van der Waals surface area contributed by atoms with E-state index in [9.17, 15) is 5.26 Å². The number of rotatable bonds is 3. The van der Waals surface area contributed by atoms with Crippen molar-refractivity contribution in [2.75, 3.05) is 7.11 Å². The second kappa shape index (κ2) is 5.43. The van der Waals surface area contributed by atoms with Crippen LogP contribution in [0.25, 0.3) is 16.2 Å². The summed E-state index contributed by atoms with van der Waals surface area (Å²) in [6, 6.07) is 8.23.